The molecule has 0 atom stereocenters. The van der Waals surface area contributed by atoms with Gasteiger partial charge in [0.1, 0.15) is 5.75 Å². The summed E-state index contributed by atoms with van der Waals surface area (Å²) in [5.74, 6) is 0.635. The number of aromatic nitrogens is 2. The van der Waals surface area contributed by atoms with Crippen LogP contribution in [0.1, 0.15) is 11.3 Å². The highest BCUT2D eigenvalue weighted by Gasteiger charge is 2.35. The molecule has 0 spiro atoms. The van der Waals surface area contributed by atoms with E-state index in [1.165, 1.54) is 11.8 Å². The van der Waals surface area contributed by atoms with Gasteiger partial charge >= 0.3 is 6.18 Å². The van der Waals surface area contributed by atoms with Gasteiger partial charge < -0.3 is 4.74 Å². The lowest BCUT2D eigenvalue weighted by atomic mass is 10.1. The summed E-state index contributed by atoms with van der Waals surface area (Å²) in [5.41, 5.74) is 1.66. The van der Waals surface area contributed by atoms with Crippen LogP contribution < -0.4 is 4.74 Å². The Labute approximate surface area is 137 Å². The largest absolute Gasteiger partial charge is 0.497 e. The molecule has 6 heteroatoms. The van der Waals surface area contributed by atoms with E-state index in [4.69, 9.17) is 4.74 Å². The number of alkyl halides is 3. The van der Waals surface area contributed by atoms with Gasteiger partial charge in [-0.3, -0.25) is 0 Å². The Kier molecular flexibility index (Phi) is 4.05. The van der Waals surface area contributed by atoms with Crippen molar-refractivity contribution >= 4 is 0 Å². The van der Waals surface area contributed by atoms with E-state index in [1.54, 1.807) is 36.4 Å². The van der Waals surface area contributed by atoms with Crippen molar-refractivity contribution in [3.63, 3.8) is 0 Å². The van der Waals surface area contributed by atoms with Crippen LogP contribution in [0.3, 0.4) is 0 Å². The maximum atomic E-state index is 13.1. The summed E-state index contributed by atoms with van der Waals surface area (Å²) in [5, 5.41) is 3.76. The number of ether oxygens (including phenoxy) is 1. The zero-order valence-corrected chi connectivity index (χ0v) is 13.1. The van der Waals surface area contributed by atoms with E-state index in [2.05, 4.69) is 5.10 Å². The molecule has 0 fully saturated rings. The molecular formula is C18H15F3N2O. The molecule has 0 N–H and O–H groups in total. The molecule has 124 valence electrons. The number of hydrogen-bond acceptors (Lipinski definition) is 2. The lowest BCUT2D eigenvalue weighted by Crippen LogP contribution is -2.07. The van der Waals surface area contributed by atoms with Crippen LogP contribution in [0.4, 0.5) is 13.2 Å². The minimum absolute atomic E-state index is 0.369. The van der Waals surface area contributed by atoms with Gasteiger partial charge in [-0.1, -0.05) is 17.7 Å². The molecule has 0 bridgehead atoms. The predicted molar refractivity (Wildman–Crippen MR) is 85.3 cm³/mol. The molecule has 2 aromatic carbocycles. The van der Waals surface area contributed by atoms with Crippen LogP contribution in [-0.4, -0.2) is 16.9 Å². The fourth-order valence-corrected chi connectivity index (χ4v) is 2.37. The summed E-state index contributed by atoms with van der Waals surface area (Å²) < 4.78 is 45.7. The van der Waals surface area contributed by atoms with Crippen molar-refractivity contribution in [2.24, 2.45) is 0 Å². The molecule has 0 radical (unpaired) electrons. The van der Waals surface area contributed by atoms with Gasteiger partial charge in [-0.15, -0.1) is 0 Å². The number of benzene rings is 2. The smallest absolute Gasteiger partial charge is 0.435 e. The fourth-order valence-electron chi connectivity index (χ4n) is 2.37. The first-order chi connectivity index (χ1) is 11.4. The SMILES string of the molecule is COc1ccc(-c2cc(C(F)(F)F)nn2-c2ccc(C)cc2)cc1. The third kappa shape index (κ3) is 3.13. The molecule has 24 heavy (non-hydrogen) atoms. The Morgan fingerprint density at radius 1 is 0.958 bits per heavy atom. The minimum atomic E-state index is -4.50. The van der Waals surface area contributed by atoms with Crippen molar-refractivity contribution in [3.8, 4) is 22.7 Å². The molecule has 3 nitrogen and oxygen atoms in total. The first kappa shape index (κ1) is 16.1. The number of nitrogens with zero attached hydrogens (tertiary/aromatic N) is 2. The van der Waals surface area contributed by atoms with Gasteiger partial charge in [-0.25, -0.2) is 4.68 Å². The van der Waals surface area contributed by atoms with Gasteiger partial charge in [0.25, 0.3) is 0 Å². The van der Waals surface area contributed by atoms with E-state index >= 15 is 0 Å². The van der Waals surface area contributed by atoms with Gasteiger partial charge in [0, 0.05) is 5.56 Å². The lowest BCUT2D eigenvalue weighted by Gasteiger charge is -2.08. The molecule has 0 unspecified atom stereocenters. The van der Waals surface area contributed by atoms with Gasteiger partial charge in [0.2, 0.25) is 0 Å². The number of aryl methyl sites for hydroxylation is 1. The van der Waals surface area contributed by atoms with Crippen molar-refractivity contribution in [3.05, 3.63) is 65.9 Å². The predicted octanol–water partition coefficient (Wildman–Crippen LogP) is 4.88. The topological polar surface area (TPSA) is 27.1 Å². The highest BCUT2D eigenvalue weighted by atomic mass is 19.4. The molecule has 0 aliphatic carbocycles. The Morgan fingerprint density at radius 2 is 1.58 bits per heavy atom. The number of halogens is 3. The normalized spacial score (nSPS) is 11.5. The molecule has 0 amide bonds. The third-order valence-corrected chi connectivity index (χ3v) is 3.66. The minimum Gasteiger partial charge on any atom is -0.497 e. The summed E-state index contributed by atoms with van der Waals surface area (Å²) in [6, 6.07) is 15.0. The van der Waals surface area contributed by atoms with Gasteiger partial charge in [-0.2, -0.15) is 18.3 Å². The van der Waals surface area contributed by atoms with Crippen LogP contribution >= 0.6 is 0 Å². The van der Waals surface area contributed by atoms with Crippen molar-refractivity contribution in [1.82, 2.24) is 9.78 Å². The second kappa shape index (κ2) is 6.03. The number of rotatable bonds is 3. The highest BCUT2D eigenvalue weighted by molar-refractivity contribution is 5.63. The first-order valence-corrected chi connectivity index (χ1v) is 7.27. The van der Waals surface area contributed by atoms with E-state index in [1.807, 2.05) is 19.1 Å². The van der Waals surface area contributed by atoms with E-state index in [0.717, 1.165) is 11.6 Å². The van der Waals surface area contributed by atoms with Crippen LogP contribution in [0.15, 0.2) is 54.6 Å². The van der Waals surface area contributed by atoms with Crippen LogP contribution in [-0.2, 0) is 6.18 Å². The molecule has 3 rings (SSSR count). The van der Waals surface area contributed by atoms with Crippen molar-refractivity contribution in [2.45, 2.75) is 13.1 Å². The van der Waals surface area contributed by atoms with E-state index < -0.39 is 11.9 Å². The Morgan fingerprint density at radius 3 is 2.12 bits per heavy atom. The molecular weight excluding hydrogens is 317 g/mol. The van der Waals surface area contributed by atoms with Gasteiger partial charge in [-0.05, 0) is 49.4 Å². The third-order valence-electron chi connectivity index (χ3n) is 3.66. The quantitative estimate of drug-likeness (QED) is 0.684. The zero-order valence-electron chi connectivity index (χ0n) is 13.1. The van der Waals surface area contributed by atoms with Gasteiger partial charge in [0.15, 0.2) is 5.69 Å². The monoisotopic (exact) mass is 332 g/mol. The molecule has 0 saturated heterocycles. The van der Waals surface area contributed by atoms with Crippen LogP contribution in [0.2, 0.25) is 0 Å². The molecule has 0 aliphatic rings. The molecule has 0 aliphatic heterocycles. The number of hydrogen-bond donors (Lipinski definition) is 0. The second-order valence-electron chi connectivity index (χ2n) is 5.39. The summed E-state index contributed by atoms with van der Waals surface area (Å²) in [4.78, 5) is 0. The van der Waals surface area contributed by atoms with Crippen molar-refractivity contribution < 1.29 is 17.9 Å². The molecule has 0 saturated carbocycles. The highest BCUT2D eigenvalue weighted by Crippen LogP contribution is 2.33. The maximum absolute atomic E-state index is 13.1. The Hall–Kier alpha value is -2.76. The zero-order chi connectivity index (χ0) is 17.3. The van der Waals surface area contributed by atoms with Crippen LogP contribution in [0, 0.1) is 6.92 Å². The molecule has 3 aromatic rings. The van der Waals surface area contributed by atoms with E-state index in [0.29, 0.717) is 22.7 Å². The molecule has 1 aromatic heterocycles. The van der Waals surface area contributed by atoms with E-state index in [9.17, 15) is 13.2 Å². The van der Waals surface area contributed by atoms with Crippen LogP contribution in [0.5, 0.6) is 5.75 Å². The fraction of sp³-hybridized carbons (Fsp3) is 0.167. The Bertz CT molecular complexity index is 834. The summed E-state index contributed by atoms with van der Waals surface area (Å²) in [7, 11) is 1.54. The van der Waals surface area contributed by atoms with Gasteiger partial charge in [0.05, 0.1) is 18.5 Å². The lowest BCUT2D eigenvalue weighted by molar-refractivity contribution is -0.141. The standard InChI is InChI=1S/C18H15F3N2O/c1-12-3-7-14(8-4-12)23-16(11-17(22-23)18(19,20)21)13-5-9-15(24-2)10-6-13/h3-11H,1-2H3. The van der Waals surface area contributed by atoms with E-state index in [-0.39, 0.29) is 0 Å². The van der Waals surface area contributed by atoms with Crippen LogP contribution in [0.25, 0.3) is 16.9 Å². The summed E-state index contributed by atoms with van der Waals surface area (Å²) in [6.45, 7) is 1.92. The average molecular weight is 332 g/mol. The first-order valence-electron chi connectivity index (χ1n) is 7.27. The average Bonchev–Trinajstić information content (AvgIpc) is 3.01. The second-order valence-corrected chi connectivity index (χ2v) is 5.39. The number of methoxy groups -OCH3 is 1. The summed E-state index contributed by atoms with van der Waals surface area (Å²) >= 11 is 0. The molecule has 1 heterocycles. The Balaban J connectivity index is 2.15. The maximum Gasteiger partial charge on any atom is 0.435 e. The van der Waals surface area contributed by atoms with Crippen molar-refractivity contribution in [1.29, 1.82) is 0 Å². The van der Waals surface area contributed by atoms with Crippen molar-refractivity contribution in [2.75, 3.05) is 7.11 Å². The summed E-state index contributed by atoms with van der Waals surface area (Å²) in [6.07, 6.45) is -4.50.